The highest BCUT2D eigenvalue weighted by Gasteiger charge is 2.42. The minimum absolute atomic E-state index is 0.307. The third-order valence-corrected chi connectivity index (χ3v) is 5.57. The highest BCUT2D eigenvalue weighted by molar-refractivity contribution is 6.03. The number of benzene rings is 1. The number of carboxylic acid groups (broad SMARTS) is 1. The van der Waals surface area contributed by atoms with E-state index < -0.39 is 5.97 Å². The molecule has 126 valence electrons. The van der Waals surface area contributed by atoms with Crippen molar-refractivity contribution >= 4 is 22.8 Å². The summed E-state index contributed by atoms with van der Waals surface area (Å²) in [5, 5.41) is 10.3. The summed E-state index contributed by atoms with van der Waals surface area (Å²) in [5.74, 6) is -0.239. The van der Waals surface area contributed by atoms with E-state index >= 15 is 0 Å². The van der Waals surface area contributed by atoms with E-state index in [4.69, 9.17) is 5.73 Å². The zero-order valence-electron chi connectivity index (χ0n) is 13.7. The van der Waals surface area contributed by atoms with Crippen molar-refractivity contribution in [3.8, 4) is 0 Å². The molecule has 1 aromatic carbocycles. The molecular formula is C18H22N4O2. The van der Waals surface area contributed by atoms with Gasteiger partial charge < -0.3 is 20.3 Å². The minimum atomic E-state index is -0.868. The molecule has 0 radical (unpaired) electrons. The summed E-state index contributed by atoms with van der Waals surface area (Å²) in [6.07, 6.45) is 6.02. The van der Waals surface area contributed by atoms with Crippen molar-refractivity contribution in [3.63, 3.8) is 0 Å². The highest BCUT2D eigenvalue weighted by atomic mass is 16.4. The molecule has 6 heteroatoms. The Morgan fingerprint density at radius 3 is 2.50 bits per heavy atom. The van der Waals surface area contributed by atoms with Crippen LogP contribution in [0.15, 0.2) is 35.5 Å². The standard InChI is InChI=1S/C18H22N4O2/c1-20-18(19)22-11-6-7-12(22)9-13(8-11)21-10-15(17(23)24)14-4-2-3-5-16(14)21/h2-5,10-13H,6-9H2,1H3,(H2,19,20)(H,23,24). The Kier molecular flexibility index (Phi) is 3.48. The molecule has 3 heterocycles. The molecule has 0 amide bonds. The van der Waals surface area contributed by atoms with Crippen LogP contribution in [0.25, 0.3) is 10.9 Å². The predicted octanol–water partition coefficient (Wildman–Crippen LogP) is 2.45. The summed E-state index contributed by atoms with van der Waals surface area (Å²) >= 11 is 0. The van der Waals surface area contributed by atoms with Crippen LogP contribution in [0.1, 0.15) is 42.1 Å². The number of carboxylic acids is 1. The lowest BCUT2D eigenvalue weighted by Gasteiger charge is -2.40. The number of aromatic carboxylic acids is 1. The van der Waals surface area contributed by atoms with Gasteiger partial charge >= 0.3 is 5.97 Å². The summed E-state index contributed by atoms with van der Waals surface area (Å²) in [5.41, 5.74) is 7.47. The van der Waals surface area contributed by atoms with Crippen molar-refractivity contribution in [3.05, 3.63) is 36.0 Å². The summed E-state index contributed by atoms with van der Waals surface area (Å²) in [6, 6.07) is 8.86. The smallest absolute Gasteiger partial charge is 0.337 e. The Morgan fingerprint density at radius 1 is 1.21 bits per heavy atom. The largest absolute Gasteiger partial charge is 0.478 e. The van der Waals surface area contributed by atoms with Crippen molar-refractivity contribution in [2.75, 3.05) is 7.05 Å². The molecule has 0 aliphatic carbocycles. The average Bonchev–Trinajstić information content (AvgIpc) is 3.10. The molecule has 2 unspecified atom stereocenters. The Bertz CT molecular complexity index is 812. The van der Waals surface area contributed by atoms with E-state index in [1.807, 2.05) is 30.5 Å². The van der Waals surface area contributed by atoms with Gasteiger partial charge in [0.1, 0.15) is 0 Å². The monoisotopic (exact) mass is 326 g/mol. The first-order chi connectivity index (χ1) is 11.6. The second kappa shape index (κ2) is 5.54. The van der Waals surface area contributed by atoms with Gasteiger partial charge in [-0.1, -0.05) is 18.2 Å². The van der Waals surface area contributed by atoms with Crippen molar-refractivity contribution in [1.29, 1.82) is 0 Å². The summed E-state index contributed by atoms with van der Waals surface area (Å²) in [7, 11) is 1.74. The van der Waals surface area contributed by atoms with E-state index in [0.29, 0.717) is 29.6 Å². The van der Waals surface area contributed by atoms with Gasteiger partial charge in [-0.05, 0) is 31.7 Å². The number of para-hydroxylation sites is 1. The molecule has 2 aliphatic rings. The average molecular weight is 326 g/mol. The van der Waals surface area contributed by atoms with Crippen LogP contribution in [0.3, 0.4) is 0 Å². The Hall–Kier alpha value is -2.50. The first kappa shape index (κ1) is 15.1. The van der Waals surface area contributed by atoms with Gasteiger partial charge in [-0.25, -0.2) is 4.79 Å². The first-order valence-electron chi connectivity index (χ1n) is 8.43. The molecule has 2 fully saturated rings. The van der Waals surface area contributed by atoms with Crippen LogP contribution in [-0.2, 0) is 0 Å². The first-order valence-corrected chi connectivity index (χ1v) is 8.43. The van der Waals surface area contributed by atoms with Gasteiger partial charge in [0.2, 0.25) is 0 Å². The van der Waals surface area contributed by atoms with Crippen LogP contribution in [0.5, 0.6) is 0 Å². The Balaban J connectivity index is 1.72. The zero-order chi connectivity index (χ0) is 16.8. The Morgan fingerprint density at radius 2 is 1.88 bits per heavy atom. The lowest BCUT2D eigenvalue weighted by molar-refractivity contribution is 0.0698. The fourth-order valence-electron chi connectivity index (χ4n) is 4.54. The van der Waals surface area contributed by atoms with Gasteiger partial charge in [0.25, 0.3) is 0 Å². The SMILES string of the molecule is CN=C(N)N1C2CCC1CC(n1cc(C(=O)O)c3ccccc31)C2. The van der Waals surface area contributed by atoms with Gasteiger partial charge in [-0.15, -0.1) is 0 Å². The molecule has 0 saturated carbocycles. The third-order valence-electron chi connectivity index (χ3n) is 5.57. The molecular weight excluding hydrogens is 304 g/mol. The van der Waals surface area contributed by atoms with E-state index in [-0.39, 0.29) is 0 Å². The summed E-state index contributed by atoms with van der Waals surface area (Å²) in [4.78, 5) is 18.0. The predicted molar refractivity (Wildman–Crippen MR) is 93.4 cm³/mol. The molecule has 4 rings (SSSR count). The number of fused-ring (bicyclic) bond motifs is 3. The molecule has 2 bridgehead atoms. The van der Waals surface area contributed by atoms with Gasteiger partial charge in [0.15, 0.2) is 5.96 Å². The van der Waals surface area contributed by atoms with E-state index in [2.05, 4.69) is 14.5 Å². The molecule has 2 atom stereocenters. The number of rotatable bonds is 2. The van der Waals surface area contributed by atoms with Crippen LogP contribution in [0.2, 0.25) is 0 Å². The number of aliphatic imine (C=N–C) groups is 1. The van der Waals surface area contributed by atoms with E-state index in [1.165, 1.54) is 0 Å². The molecule has 2 aromatic rings. The summed E-state index contributed by atoms with van der Waals surface area (Å²) < 4.78 is 2.17. The molecule has 0 spiro atoms. The number of hydrogen-bond donors (Lipinski definition) is 2. The van der Waals surface area contributed by atoms with Crippen molar-refractivity contribution in [1.82, 2.24) is 9.47 Å². The van der Waals surface area contributed by atoms with Gasteiger partial charge in [0.05, 0.1) is 5.56 Å². The van der Waals surface area contributed by atoms with Crippen molar-refractivity contribution in [2.24, 2.45) is 10.7 Å². The minimum Gasteiger partial charge on any atom is -0.478 e. The molecule has 1 aromatic heterocycles. The third kappa shape index (κ3) is 2.17. The second-order valence-electron chi connectivity index (χ2n) is 6.77. The molecule has 2 aliphatic heterocycles. The number of piperidine rings is 1. The van der Waals surface area contributed by atoms with Gasteiger partial charge in [-0.3, -0.25) is 4.99 Å². The lowest BCUT2D eigenvalue weighted by Crippen LogP contribution is -2.50. The molecule has 6 nitrogen and oxygen atoms in total. The topological polar surface area (TPSA) is 83.8 Å². The number of guanidine groups is 1. The van der Waals surface area contributed by atoms with Crippen molar-refractivity contribution < 1.29 is 9.90 Å². The van der Waals surface area contributed by atoms with Crippen LogP contribution in [0, 0.1) is 0 Å². The van der Waals surface area contributed by atoms with Crippen LogP contribution < -0.4 is 5.73 Å². The van der Waals surface area contributed by atoms with Gasteiger partial charge in [0, 0.05) is 42.3 Å². The molecule has 2 saturated heterocycles. The number of carbonyl (C=O) groups is 1. The van der Waals surface area contributed by atoms with E-state index in [9.17, 15) is 9.90 Å². The quantitative estimate of drug-likeness (QED) is 0.656. The van der Waals surface area contributed by atoms with E-state index in [0.717, 1.165) is 36.6 Å². The summed E-state index contributed by atoms with van der Waals surface area (Å²) in [6.45, 7) is 0. The fourth-order valence-corrected chi connectivity index (χ4v) is 4.54. The molecule has 24 heavy (non-hydrogen) atoms. The highest BCUT2D eigenvalue weighted by Crippen LogP contribution is 2.42. The molecule has 3 N–H and O–H groups in total. The fraction of sp³-hybridized carbons (Fsp3) is 0.444. The number of nitrogens with two attached hydrogens (primary N) is 1. The Labute approximate surface area is 140 Å². The number of aromatic nitrogens is 1. The normalized spacial score (nSPS) is 27.0. The van der Waals surface area contributed by atoms with Crippen molar-refractivity contribution in [2.45, 2.75) is 43.8 Å². The maximum absolute atomic E-state index is 11.6. The van der Waals surface area contributed by atoms with E-state index in [1.54, 1.807) is 7.05 Å². The van der Waals surface area contributed by atoms with Crippen LogP contribution in [-0.4, -0.2) is 45.6 Å². The maximum atomic E-state index is 11.6. The number of nitrogens with zero attached hydrogens (tertiary/aromatic N) is 3. The van der Waals surface area contributed by atoms with Crippen LogP contribution in [0.4, 0.5) is 0 Å². The zero-order valence-corrected chi connectivity index (χ0v) is 13.7. The number of hydrogen-bond acceptors (Lipinski definition) is 2. The second-order valence-corrected chi connectivity index (χ2v) is 6.77. The maximum Gasteiger partial charge on any atom is 0.337 e. The lowest BCUT2D eigenvalue weighted by atomic mass is 9.97. The van der Waals surface area contributed by atoms with Crippen LogP contribution >= 0.6 is 0 Å². The van der Waals surface area contributed by atoms with Gasteiger partial charge in [-0.2, -0.15) is 0 Å².